The Morgan fingerprint density at radius 1 is 0.565 bits per heavy atom. The monoisotopic (exact) mass is 892 g/mol. The number of pyridine rings is 1. The van der Waals surface area contributed by atoms with Gasteiger partial charge >= 0.3 is 17.9 Å². The molecule has 7 rings (SSSR count). The van der Waals surface area contributed by atoms with E-state index in [1.54, 1.807) is 92.2 Å². The van der Waals surface area contributed by atoms with Crippen LogP contribution < -0.4 is 18.9 Å². The fraction of sp³-hybridized carbons (Fsp3) is 0.0851. The first-order chi connectivity index (χ1) is 29.8. The van der Waals surface area contributed by atoms with Crippen molar-refractivity contribution in [1.82, 2.24) is 4.98 Å². The Hall–Kier alpha value is -7.30. The fourth-order valence-electron chi connectivity index (χ4n) is 5.78. The first-order valence-electron chi connectivity index (χ1n) is 18.3. The van der Waals surface area contributed by atoms with E-state index in [-0.39, 0.29) is 0 Å². The molecule has 0 amide bonds. The zero-order valence-corrected chi connectivity index (χ0v) is 34.9. The van der Waals surface area contributed by atoms with Crippen LogP contribution in [0.1, 0.15) is 5.56 Å². The number of rotatable bonds is 13. The first-order valence-corrected chi connectivity index (χ1v) is 19.4. The van der Waals surface area contributed by atoms with Crippen LogP contribution in [-0.2, 0) is 14.4 Å². The van der Waals surface area contributed by atoms with Gasteiger partial charge in [-0.3, -0.25) is 4.98 Å². The Kier molecular flexibility index (Phi) is 16.5. The summed E-state index contributed by atoms with van der Waals surface area (Å²) in [6.45, 7) is -1.23. The molecule has 0 aliphatic rings. The quantitative estimate of drug-likeness (QED) is 0.0996. The predicted octanol–water partition coefficient (Wildman–Crippen LogP) is 10.8. The average Bonchev–Trinajstić information content (AvgIpc) is 3.28. The number of ether oxygens (including phenoxy) is 4. The summed E-state index contributed by atoms with van der Waals surface area (Å²) < 4.78 is 21.0. The summed E-state index contributed by atoms with van der Waals surface area (Å²) in [6, 6.07) is 41.0. The van der Waals surface area contributed by atoms with E-state index in [0.29, 0.717) is 43.4 Å². The molecule has 15 heteroatoms. The minimum Gasteiger partial charge on any atom is -0.497 e. The highest BCUT2D eigenvalue weighted by Crippen LogP contribution is 2.37. The standard InChI is InChI=1S/C17H12ClNO3.C15H10ClNO3.C15H13ClO4/c18-12-6-7-15(22-10-16(20)21)14(9-12)13-5-1-3-11-4-2-8-19-17(11)13;16-12-5-6-14(20-9-15(18)19)13(7-12)11-3-1-10(8-17)2-4-11;1-19-12-5-2-10(3-6-12)13-8-11(16)4-7-14(13)20-9-15(17)18/h1-9H,10H2,(H,20,21);1-7H,9H2,(H,18,19);2-8H,9H2,1H3,(H,17,18). The van der Waals surface area contributed by atoms with Crippen LogP contribution in [0.15, 0.2) is 140 Å². The second-order valence-electron chi connectivity index (χ2n) is 12.8. The maximum Gasteiger partial charge on any atom is 0.341 e. The SMILES string of the molecule is COc1ccc(-c2cc(Cl)ccc2OCC(=O)O)cc1.N#Cc1ccc(-c2cc(Cl)ccc2OCC(=O)O)cc1.O=C(O)COc1ccc(Cl)cc1-c1cccc2cccnc12. The van der Waals surface area contributed by atoms with Gasteiger partial charge in [0, 0.05) is 48.9 Å². The summed E-state index contributed by atoms with van der Waals surface area (Å²) in [5, 5.41) is 37.6. The van der Waals surface area contributed by atoms with E-state index >= 15 is 0 Å². The van der Waals surface area contributed by atoms with Crippen molar-refractivity contribution in [3.05, 3.63) is 160 Å². The molecule has 0 atom stereocenters. The van der Waals surface area contributed by atoms with E-state index in [9.17, 15) is 14.4 Å². The number of fused-ring (bicyclic) bond motifs is 1. The number of nitriles is 1. The third kappa shape index (κ3) is 13.1. The van der Waals surface area contributed by atoms with Crippen molar-refractivity contribution >= 4 is 63.6 Å². The second-order valence-corrected chi connectivity index (χ2v) is 14.1. The summed E-state index contributed by atoms with van der Waals surface area (Å²) in [5.41, 5.74) is 6.01. The molecule has 0 spiro atoms. The van der Waals surface area contributed by atoms with E-state index in [1.165, 1.54) is 0 Å². The third-order valence-electron chi connectivity index (χ3n) is 8.53. The maximum atomic E-state index is 10.7. The molecule has 0 saturated heterocycles. The highest BCUT2D eigenvalue weighted by atomic mass is 35.5. The molecule has 0 fully saturated rings. The van der Waals surface area contributed by atoms with Crippen molar-refractivity contribution in [1.29, 1.82) is 5.26 Å². The van der Waals surface area contributed by atoms with Gasteiger partial charge in [0.05, 0.1) is 24.3 Å². The molecule has 0 aliphatic carbocycles. The molecule has 7 aromatic rings. The molecule has 0 bridgehead atoms. The Bertz CT molecular complexity index is 2720. The lowest BCUT2D eigenvalue weighted by Gasteiger charge is -2.12. The van der Waals surface area contributed by atoms with Gasteiger partial charge in [0.25, 0.3) is 0 Å². The summed E-state index contributed by atoms with van der Waals surface area (Å²) >= 11 is 18.0. The van der Waals surface area contributed by atoms with E-state index in [4.69, 9.17) is 74.3 Å². The Balaban J connectivity index is 0.000000176. The smallest absolute Gasteiger partial charge is 0.341 e. The Labute approximate surface area is 370 Å². The number of aromatic nitrogens is 1. The van der Waals surface area contributed by atoms with Crippen molar-refractivity contribution in [2.45, 2.75) is 0 Å². The maximum absolute atomic E-state index is 10.7. The molecular formula is C47H35Cl3N2O10. The first kappa shape index (κ1) is 45.8. The molecule has 0 saturated carbocycles. The number of nitrogens with zero attached hydrogens (tertiary/aromatic N) is 2. The van der Waals surface area contributed by atoms with Gasteiger partial charge < -0.3 is 34.3 Å². The zero-order valence-electron chi connectivity index (χ0n) is 32.6. The van der Waals surface area contributed by atoms with Gasteiger partial charge in [0.1, 0.15) is 23.0 Å². The number of hydrogen-bond acceptors (Lipinski definition) is 9. The zero-order chi connectivity index (χ0) is 44.6. The third-order valence-corrected chi connectivity index (χ3v) is 9.23. The van der Waals surface area contributed by atoms with Crippen LogP contribution in [0.25, 0.3) is 44.3 Å². The van der Waals surface area contributed by atoms with Gasteiger partial charge in [-0.25, -0.2) is 14.4 Å². The minimum absolute atomic E-state index is 0.398. The largest absolute Gasteiger partial charge is 0.497 e. The van der Waals surface area contributed by atoms with Crippen LogP contribution in [0.2, 0.25) is 15.1 Å². The number of methoxy groups -OCH3 is 1. The van der Waals surface area contributed by atoms with E-state index < -0.39 is 37.7 Å². The topological polar surface area (TPSA) is 186 Å². The number of halogens is 3. The Morgan fingerprint density at radius 3 is 1.45 bits per heavy atom. The highest BCUT2D eigenvalue weighted by molar-refractivity contribution is 6.31. The van der Waals surface area contributed by atoms with Crippen LogP contribution >= 0.6 is 34.8 Å². The van der Waals surface area contributed by atoms with E-state index in [0.717, 1.165) is 44.5 Å². The average molecular weight is 894 g/mol. The number of para-hydroxylation sites is 1. The lowest BCUT2D eigenvalue weighted by Crippen LogP contribution is -2.10. The van der Waals surface area contributed by atoms with Crippen LogP contribution in [0.3, 0.4) is 0 Å². The van der Waals surface area contributed by atoms with Gasteiger partial charge in [-0.05, 0) is 96.1 Å². The molecule has 314 valence electrons. The number of carboxylic acids is 3. The molecule has 0 unspecified atom stereocenters. The van der Waals surface area contributed by atoms with Crippen molar-refractivity contribution in [3.8, 4) is 62.4 Å². The van der Waals surface area contributed by atoms with E-state index in [2.05, 4.69) is 4.98 Å². The van der Waals surface area contributed by atoms with Crippen LogP contribution in [-0.4, -0.2) is 65.1 Å². The molecule has 1 heterocycles. The number of carboxylic acid groups (broad SMARTS) is 3. The van der Waals surface area contributed by atoms with Gasteiger partial charge in [-0.15, -0.1) is 0 Å². The number of benzene rings is 6. The van der Waals surface area contributed by atoms with E-state index in [1.807, 2.05) is 60.7 Å². The molecule has 0 radical (unpaired) electrons. The van der Waals surface area contributed by atoms with Gasteiger partial charge in [0.2, 0.25) is 0 Å². The number of aliphatic carboxylic acids is 3. The summed E-state index contributed by atoms with van der Waals surface area (Å²) in [4.78, 5) is 36.3. The lowest BCUT2D eigenvalue weighted by molar-refractivity contribution is -0.140. The van der Waals surface area contributed by atoms with Gasteiger partial charge in [-0.2, -0.15) is 5.26 Å². The molecule has 3 N–H and O–H groups in total. The number of hydrogen-bond donors (Lipinski definition) is 3. The second kappa shape index (κ2) is 22.3. The number of carbonyl (C=O) groups is 3. The lowest BCUT2D eigenvalue weighted by atomic mass is 10.0. The highest BCUT2D eigenvalue weighted by Gasteiger charge is 2.14. The summed E-state index contributed by atoms with van der Waals surface area (Å²) in [7, 11) is 1.59. The molecule has 62 heavy (non-hydrogen) atoms. The predicted molar refractivity (Wildman–Crippen MR) is 237 cm³/mol. The molecular weight excluding hydrogens is 859 g/mol. The van der Waals surface area contributed by atoms with Gasteiger partial charge in [-0.1, -0.05) is 83.3 Å². The van der Waals surface area contributed by atoms with Crippen molar-refractivity contribution in [2.24, 2.45) is 0 Å². The molecule has 1 aromatic heterocycles. The van der Waals surface area contributed by atoms with Gasteiger partial charge in [0.15, 0.2) is 19.8 Å². The summed E-state index contributed by atoms with van der Waals surface area (Å²) in [5.74, 6) is -1.000. The Morgan fingerprint density at radius 2 is 1.00 bits per heavy atom. The van der Waals surface area contributed by atoms with Crippen molar-refractivity contribution in [2.75, 3.05) is 26.9 Å². The fourth-order valence-corrected chi connectivity index (χ4v) is 6.30. The van der Waals surface area contributed by atoms with Crippen LogP contribution in [0, 0.1) is 11.3 Å². The molecule has 12 nitrogen and oxygen atoms in total. The summed E-state index contributed by atoms with van der Waals surface area (Å²) in [6.07, 6.45) is 1.72. The minimum atomic E-state index is -1.05. The van der Waals surface area contributed by atoms with Crippen molar-refractivity contribution < 1.29 is 48.7 Å². The van der Waals surface area contributed by atoms with Crippen LogP contribution in [0.4, 0.5) is 0 Å². The molecule has 0 aliphatic heterocycles. The normalized spacial score (nSPS) is 10.2. The van der Waals surface area contributed by atoms with Crippen molar-refractivity contribution in [3.63, 3.8) is 0 Å². The molecule has 6 aromatic carbocycles. The van der Waals surface area contributed by atoms with Crippen LogP contribution in [0.5, 0.6) is 23.0 Å².